The second kappa shape index (κ2) is 4.03. The molecule has 0 saturated heterocycles. The second-order valence-corrected chi connectivity index (χ2v) is 3.52. The molecular weight excluding hydrogens is 204 g/mol. The van der Waals surface area contributed by atoms with Gasteiger partial charge in [-0.05, 0) is 24.3 Å². The highest BCUT2D eigenvalue weighted by molar-refractivity contribution is 6.02. The maximum absolute atomic E-state index is 11.0. The lowest BCUT2D eigenvalue weighted by atomic mass is 10.1. The van der Waals surface area contributed by atoms with Crippen LogP contribution >= 0.6 is 0 Å². The Labute approximate surface area is 93.0 Å². The molecular formula is C11H10N4O. The molecule has 2 rings (SSSR count). The molecule has 1 N–H and O–H groups in total. The van der Waals surface area contributed by atoms with Crippen LogP contribution in [0.25, 0.3) is 0 Å². The molecule has 0 atom stereocenters. The summed E-state index contributed by atoms with van der Waals surface area (Å²) in [5.41, 5.74) is 3.91. The lowest BCUT2D eigenvalue weighted by molar-refractivity contribution is -0.121. The second-order valence-electron chi connectivity index (χ2n) is 3.52. The summed E-state index contributed by atoms with van der Waals surface area (Å²) in [5.74, 6) is 0.573. The monoisotopic (exact) mass is 214 g/mol. The van der Waals surface area contributed by atoms with Crippen molar-refractivity contribution in [3.8, 4) is 6.07 Å². The molecule has 1 aromatic rings. The fraction of sp³-hybridized carbons (Fsp3) is 0.182. The summed E-state index contributed by atoms with van der Waals surface area (Å²) >= 11 is 0. The van der Waals surface area contributed by atoms with Gasteiger partial charge in [0.25, 0.3) is 5.91 Å². The lowest BCUT2D eigenvalue weighted by Gasteiger charge is -2.24. The zero-order chi connectivity index (χ0) is 11.5. The number of amides is 1. The quantitative estimate of drug-likeness (QED) is 0.730. The number of benzene rings is 1. The third-order valence-corrected chi connectivity index (χ3v) is 2.30. The molecule has 1 aliphatic rings. The largest absolute Gasteiger partial charge is 0.348 e. The van der Waals surface area contributed by atoms with E-state index < -0.39 is 0 Å². The van der Waals surface area contributed by atoms with Gasteiger partial charge in [-0.1, -0.05) is 0 Å². The molecule has 80 valence electrons. The summed E-state index contributed by atoms with van der Waals surface area (Å²) in [5, 5.41) is 12.7. The van der Waals surface area contributed by atoms with Crippen molar-refractivity contribution in [3.63, 3.8) is 0 Å². The van der Waals surface area contributed by atoms with Crippen LogP contribution in [-0.2, 0) is 4.79 Å². The molecule has 1 aromatic carbocycles. The molecule has 1 amide bonds. The number of nitriles is 1. The van der Waals surface area contributed by atoms with Crippen LogP contribution in [0.3, 0.4) is 0 Å². The summed E-state index contributed by atoms with van der Waals surface area (Å²) in [6.45, 7) is 0.291. The van der Waals surface area contributed by atoms with Crippen molar-refractivity contribution in [1.82, 2.24) is 10.3 Å². The first-order valence-electron chi connectivity index (χ1n) is 4.79. The van der Waals surface area contributed by atoms with E-state index >= 15 is 0 Å². The molecule has 0 radical (unpaired) electrons. The highest BCUT2D eigenvalue weighted by Crippen LogP contribution is 2.08. The van der Waals surface area contributed by atoms with Crippen LogP contribution in [0.15, 0.2) is 29.4 Å². The van der Waals surface area contributed by atoms with Crippen LogP contribution in [0.4, 0.5) is 0 Å². The van der Waals surface area contributed by atoms with Gasteiger partial charge >= 0.3 is 0 Å². The van der Waals surface area contributed by atoms with E-state index in [1.807, 2.05) is 12.1 Å². The Hall–Kier alpha value is -2.35. The summed E-state index contributed by atoms with van der Waals surface area (Å²) in [7, 11) is 1.80. The third-order valence-electron chi connectivity index (χ3n) is 2.30. The molecule has 1 heterocycles. The number of likely N-dealkylation sites (N-methyl/N-ethyl adjacent to an activating group) is 1. The normalized spacial score (nSPS) is 15.1. The molecule has 0 saturated carbocycles. The van der Waals surface area contributed by atoms with Crippen molar-refractivity contribution >= 4 is 11.7 Å². The smallest absolute Gasteiger partial charge is 0.259 e. The van der Waals surface area contributed by atoms with E-state index in [1.54, 1.807) is 24.1 Å². The van der Waals surface area contributed by atoms with Gasteiger partial charge in [0.15, 0.2) is 5.84 Å². The maximum atomic E-state index is 11.0. The van der Waals surface area contributed by atoms with Gasteiger partial charge in [0, 0.05) is 12.6 Å². The van der Waals surface area contributed by atoms with Gasteiger partial charge in [-0.3, -0.25) is 4.79 Å². The highest BCUT2D eigenvalue weighted by Gasteiger charge is 2.17. The Morgan fingerprint density at radius 3 is 2.69 bits per heavy atom. The Kier molecular flexibility index (Phi) is 2.56. The molecule has 0 spiro atoms. The first-order valence-corrected chi connectivity index (χ1v) is 4.79. The number of hydrogen-bond donors (Lipinski definition) is 1. The Bertz CT molecular complexity index is 484. The molecule has 0 fully saturated rings. The van der Waals surface area contributed by atoms with Crippen molar-refractivity contribution in [2.45, 2.75) is 0 Å². The first-order chi connectivity index (χ1) is 7.70. The number of nitrogens with one attached hydrogen (secondary N) is 1. The molecule has 16 heavy (non-hydrogen) atoms. The van der Waals surface area contributed by atoms with Crippen LogP contribution in [0, 0.1) is 11.3 Å². The van der Waals surface area contributed by atoms with Gasteiger partial charge in [-0.2, -0.15) is 10.4 Å². The SMILES string of the molecule is CN1CC(=O)NN=C1c1ccc(C#N)cc1. The molecule has 5 heteroatoms. The number of rotatable bonds is 1. The number of amidine groups is 1. The number of carbonyl (C=O) groups excluding carboxylic acids is 1. The van der Waals surface area contributed by atoms with E-state index in [0.29, 0.717) is 17.9 Å². The minimum Gasteiger partial charge on any atom is -0.348 e. The van der Waals surface area contributed by atoms with Crippen LogP contribution in [0.5, 0.6) is 0 Å². The average molecular weight is 214 g/mol. The van der Waals surface area contributed by atoms with Gasteiger partial charge in [-0.15, -0.1) is 0 Å². The van der Waals surface area contributed by atoms with Crippen LogP contribution in [0.1, 0.15) is 11.1 Å². The number of hydrazone groups is 1. The third kappa shape index (κ3) is 1.86. The van der Waals surface area contributed by atoms with Crippen molar-refractivity contribution in [3.05, 3.63) is 35.4 Å². The van der Waals surface area contributed by atoms with E-state index in [0.717, 1.165) is 5.56 Å². The predicted octanol–water partition coefficient (Wildman–Crippen LogP) is 0.281. The summed E-state index contributed by atoms with van der Waals surface area (Å²) in [4.78, 5) is 12.8. The minimum atomic E-state index is -0.125. The van der Waals surface area contributed by atoms with Crippen LogP contribution in [0.2, 0.25) is 0 Å². The zero-order valence-electron chi connectivity index (χ0n) is 8.77. The molecule has 0 aromatic heterocycles. The Morgan fingerprint density at radius 1 is 1.44 bits per heavy atom. The van der Waals surface area contributed by atoms with Gasteiger partial charge in [0.05, 0.1) is 18.2 Å². The first kappa shape index (κ1) is 10.2. The summed E-state index contributed by atoms with van der Waals surface area (Å²) < 4.78 is 0. The molecule has 0 unspecified atom stereocenters. The van der Waals surface area contributed by atoms with Crippen molar-refractivity contribution in [2.24, 2.45) is 5.10 Å². The van der Waals surface area contributed by atoms with E-state index in [9.17, 15) is 4.79 Å². The number of hydrogen-bond acceptors (Lipinski definition) is 4. The van der Waals surface area contributed by atoms with E-state index in [-0.39, 0.29) is 5.91 Å². The Morgan fingerprint density at radius 2 is 2.12 bits per heavy atom. The summed E-state index contributed by atoms with van der Waals surface area (Å²) in [6.07, 6.45) is 0. The van der Waals surface area contributed by atoms with Gasteiger partial charge in [0.1, 0.15) is 0 Å². The molecule has 0 aliphatic carbocycles. The average Bonchev–Trinajstić information content (AvgIpc) is 2.29. The van der Waals surface area contributed by atoms with Gasteiger partial charge in [-0.25, -0.2) is 5.43 Å². The maximum Gasteiger partial charge on any atom is 0.259 e. The number of nitrogens with zero attached hydrogens (tertiary/aromatic N) is 3. The van der Waals surface area contributed by atoms with Crippen molar-refractivity contribution in [1.29, 1.82) is 5.26 Å². The van der Waals surface area contributed by atoms with Gasteiger partial charge in [0.2, 0.25) is 0 Å². The zero-order valence-corrected chi connectivity index (χ0v) is 8.77. The predicted molar refractivity (Wildman–Crippen MR) is 58.5 cm³/mol. The summed E-state index contributed by atoms with van der Waals surface area (Å²) in [6, 6.07) is 9.12. The molecule has 1 aliphatic heterocycles. The Balaban J connectivity index is 2.30. The van der Waals surface area contributed by atoms with Crippen LogP contribution in [-0.4, -0.2) is 30.2 Å². The highest BCUT2D eigenvalue weighted by atomic mass is 16.2. The van der Waals surface area contributed by atoms with Gasteiger partial charge < -0.3 is 4.90 Å². The molecule has 5 nitrogen and oxygen atoms in total. The fourth-order valence-electron chi connectivity index (χ4n) is 1.51. The number of carbonyl (C=O) groups is 1. The topological polar surface area (TPSA) is 68.5 Å². The lowest BCUT2D eigenvalue weighted by Crippen LogP contribution is -2.43. The molecule has 0 bridgehead atoms. The minimum absolute atomic E-state index is 0.125. The van der Waals surface area contributed by atoms with Crippen LogP contribution < -0.4 is 5.43 Å². The fourth-order valence-corrected chi connectivity index (χ4v) is 1.51. The van der Waals surface area contributed by atoms with Crippen molar-refractivity contribution < 1.29 is 4.79 Å². The van der Waals surface area contributed by atoms with E-state index in [2.05, 4.69) is 16.6 Å². The van der Waals surface area contributed by atoms with E-state index in [1.165, 1.54) is 0 Å². The standard InChI is InChI=1S/C11H10N4O/c1-15-7-10(16)13-14-11(15)9-4-2-8(6-12)3-5-9/h2-5H,7H2,1H3,(H,13,16). The van der Waals surface area contributed by atoms with Crippen molar-refractivity contribution in [2.75, 3.05) is 13.6 Å². The van der Waals surface area contributed by atoms with E-state index in [4.69, 9.17) is 5.26 Å².